The molecular weight excluding hydrogens is 348 g/mol. The number of alkyl halides is 2. The first-order valence-electron chi connectivity index (χ1n) is 7.01. The Bertz CT molecular complexity index is 646. The molecule has 128 valence electrons. The molecule has 0 bridgehead atoms. The molecule has 0 spiro atoms. The second-order valence-corrected chi connectivity index (χ2v) is 8.25. The molecule has 9 heteroatoms. The van der Waals surface area contributed by atoms with Crippen LogP contribution in [0.4, 0.5) is 14.5 Å². The van der Waals surface area contributed by atoms with E-state index in [-0.39, 0.29) is 22.4 Å². The molecule has 5 nitrogen and oxygen atoms in total. The van der Waals surface area contributed by atoms with Crippen molar-refractivity contribution in [1.29, 1.82) is 0 Å². The van der Waals surface area contributed by atoms with Crippen molar-refractivity contribution in [2.45, 2.75) is 29.6 Å². The van der Waals surface area contributed by atoms with Gasteiger partial charge in [0.15, 0.2) is 9.84 Å². The zero-order valence-corrected chi connectivity index (χ0v) is 13.8. The van der Waals surface area contributed by atoms with E-state index in [0.717, 1.165) is 6.42 Å². The quantitative estimate of drug-likeness (QED) is 0.752. The third-order valence-electron chi connectivity index (χ3n) is 3.19. The Morgan fingerprint density at radius 2 is 2.13 bits per heavy atom. The van der Waals surface area contributed by atoms with Gasteiger partial charge in [0.1, 0.15) is 5.75 Å². The molecule has 2 rings (SSSR count). The zero-order chi connectivity index (χ0) is 16.9. The van der Waals surface area contributed by atoms with Crippen LogP contribution in [0.3, 0.4) is 0 Å². The largest absolute Gasteiger partial charge is 0.377 e. The number of hydrogen-bond acceptors (Lipinski definition) is 5. The van der Waals surface area contributed by atoms with Gasteiger partial charge in [-0.25, -0.2) is 8.42 Å². The second-order valence-electron chi connectivity index (χ2n) is 5.11. The first kappa shape index (κ1) is 18.2. The highest BCUT2D eigenvalue weighted by Crippen LogP contribution is 2.31. The van der Waals surface area contributed by atoms with Gasteiger partial charge in [0.05, 0.1) is 17.5 Å². The summed E-state index contributed by atoms with van der Waals surface area (Å²) in [5.74, 6) is -4.27. The van der Waals surface area contributed by atoms with Gasteiger partial charge in [-0.05, 0) is 25.0 Å². The minimum Gasteiger partial charge on any atom is -0.377 e. The molecule has 1 N–H and O–H groups in total. The van der Waals surface area contributed by atoms with Gasteiger partial charge in [-0.1, -0.05) is 23.9 Å². The molecule has 0 saturated carbocycles. The fraction of sp³-hybridized carbons (Fsp3) is 0.500. The second kappa shape index (κ2) is 8.07. The highest BCUT2D eigenvalue weighted by atomic mass is 32.2. The number of rotatable bonds is 7. The molecule has 1 aromatic carbocycles. The summed E-state index contributed by atoms with van der Waals surface area (Å²) in [4.78, 5) is 12.1. The van der Waals surface area contributed by atoms with E-state index in [0.29, 0.717) is 24.8 Å². The minimum absolute atomic E-state index is 0.176. The van der Waals surface area contributed by atoms with E-state index in [1.54, 1.807) is 12.1 Å². The number of amides is 1. The standard InChI is InChI=1S/C14H17F2NO4S2/c15-14(16)22-12-6-2-1-5-11(12)17-13(18)9-23(19,20)8-10-4-3-7-21-10/h1-2,5-6,10,14H,3-4,7-9H2,(H,17,18). The fourth-order valence-corrected chi connectivity index (χ4v) is 4.29. The number of nitrogens with one attached hydrogen (secondary N) is 1. The molecule has 0 aromatic heterocycles. The Hall–Kier alpha value is -1.19. The van der Waals surface area contributed by atoms with Crippen molar-refractivity contribution in [3.05, 3.63) is 24.3 Å². The van der Waals surface area contributed by atoms with E-state index in [9.17, 15) is 22.0 Å². The highest BCUT2D eigenvalue weighted by Gasteiger charge is 2.25. The first-order valence-corrected chi connectivity index (χ1v) is 9.71. The number of para-hydroxylation sites is 1. The van der Waals surface area contributed by atoms with Crippen LogP contribution in [0.15, 0.2) is 29.2 Å². The van der Waals surface area contributed by atoms with Crippen molar-refractivity contribution >= 4 is 33.2 Å². The van der Waals surface area contributed by atoms with Crippen molar-refractivity contribution < 1.29 is 26.7 Å². The maximum absolute atomic E-state index is 12.5. The molecule has 1 aliphatic rings. The van der Waals surface area contributed by atoms with Crippen molar-refractivity contribution in [2.75, 3.05) is 23.4 Å². The summed E-state index contributed by atoms with van der Waals surface area (Å²) in [6.07, 6.45) is 1.11. The normalized spacial score (nSPS) is 18.3. The first-order chi connectivity index (χ1) is 10.9. The molecular formula is C14H17F2NO4S2. The smallest absolute Gasteiger partial charge is 0.288 e. The molecule has 0 radical (unpaired) electrons. The van der Waals surface area contributed by atoms with Crippen LogP contribution >= 0.6 is 11.8 Å². The van der Waals surface area contributed by atoms with Gasteiger partial charge in [0, 0.05) is 11.5 Å². The average molecular weight is 365 g/mol. The predicted octanol–water partition coefficient (Wildman–Crippen LogP) is 2.53. The van der Waals surface area contributed by atoms with E-state index in [4.69, 9.17) is 4.74 Å². The van der Waals surface area contributed by atoms with Gasteiger partial charge < -0.3 is 10.1 Å². The number of carbonyl (C=O) groups excluding carboxylic acids is 1. The Kier molecular flexibility index (Phi) is 6.37. The number of carbonyl (C=O) groups is 1. The third-order valence-corrected chi connectivity index (χ3v) is 5.56. The molecule has 1 fully saturated rings. The molecule has 1 unspecified atom stereocenters. The van der Waals surface area contributed by atoms with Gasteiger partial charge in [0.25, 0.3) is 5.76 Å². The number of anilines is 1. The Labute approximate surface area is 137 Å². The molecule has 1 heterocycles. The molecule has 1 atom stereocenters. The van der Waals surface area contributed by atoms with Gasteiger partial charge in [-0.2, -0.15) is 8.78 Å². The summed E-state index contributed by atoms with van der Waals surface area (Å²) < 4.78 is 54.2. The Morgan fingerprint density at radius 1 is 1.39 bits per heavy atom. The lowest BCUT2D eigenvalue weighted by atomic mass is 10.3. The van der Waals surface area contributed by atoms with E-state index >= 15 is 0 Å². The van der Waals surface area contributed by atoms with Crippen LogP contribution in [0.5, 0.6) is 0 Å². The van der Waals surface area contributed by atoms with Crippen LogP contribution < -0.4 is 5.32 Å². The molecule has 1 aromatic rings. The Morgan fingerprint density at radius 3 is 2.78 bits per heavy atom. The van der Waals surface area contributed by atoms with Gasteiger partial charge >= 0.3 is 0 Å². The van der Waals surface area contributed by atoms with E-state index in [1.807, 2.05) is 0 Å². The minimum atomic E-state index is -3.61. The topological polar surface area (TPSA) is 72.5 Å². The number of hydrogen-bond donors (Lipinski definition) is 1. The predicted molar refractivity (Wildman–Crippen MR) is 84.6 cm³/mol. The van der Waals surface area contributed by atoms with Gasteiger partial charge in [-0.3, -0.25) is 4.79 Å². The van der Waals surface area contributed by atoms with Crippen molar-refractivity contribution in [2.24, 2.45) is 0 Å². The van der Waals surface area contributed by atoms with Crippen molar-refractivity contribution in [3.63, 3.8) is 0 Å². The van der Waals surface area contributed by atoms with Crippen LogP contribution in [0.2, 0.25) is 0 Å². The summed E-state index contributed by atoms with van der Waals surface area (Å²) in [5.41, 5.74) is 0.176. The SMILES string of the molecule is O=C(CS(=O)(=O)CC1CCCO1)Nc1ccccc1SC(F)F. The number of thioether (sulfide) groups is 1. The lowest BCUT2D eigenvalue weighted by molar-refractivity contribution is -0.113. The maximum Gasteiger partial charge on any atom is 0.288 e. The van der Waals surface area contributed by atoms with Crippen LogP contribution in [-0.4, -0.2) is 44.3 Å². The number of halogens is 2. The van der Waals surface area contributed by atoms with Crippen molar-refractivity contribution in [1.82, 2.24) is 0 Å². The monoisotopic (exact) mass is 365 g/mol. The zero-order valence-electron chi connectivity index (χ0n) is 12.2. The number of sulfone groups is 1. The summed E-state index contributed by atoms with van der Waals surface area (Å²) >= 11 is 0.294. The Balaban J connectivity index is 1.96. The van der Waals surface area contributed by atoms with Gasteiger partial charge in [0.2, 0.25) is 5.91 Å². The van der Waals surface area contributed by atoms with Crippen LogP contribution in [0, 0.1) is 0 Å². The van der Waals surface area contributed by atoms with Crippen molar-refractivity contribution in [3.8, 4) is 0 Å². The highest BCUT2D eigenvalue weighted by molar-refractivity contribution is 7.99. The van der Waals surface area contributed by atoms with E-state index in [2.05, 4.69) is 5.32 Å². The summed E-state index contributed by atoms with van der Waals surface area (Å²) in [7, 11) is -3.61. The van der Waals surface area contributed by atoms with Crippen LogP contribution in [0.1, 0.15) is 12.8 Å². The van der Waals surface area contributed by atoms with Crippen LogP contribution in [0.25, 0.3) is 0 Å². The van der Waals surface area contributed by atoms with E-state index < -0.39 is 27.3 Å². The maximum atomic E-state index is 12.5. The summed E-state index contributed by atoms with van der Waals surface area (Å²) in [5, 5.41) is 2.38. The third kappa shape index (κ3) is 6.08. The van der Waals surface area contributed by atoms with E-state index in [1.165, 1.54) is 12.1 Å². The summed E-state index contributed by atoms with van der Waals surface area (Å²) in [6, 6.07) is 6.03. The van der Waals surface area contributed by atoms with Crippen LogP contribution in [-0.2, 0) is 19.4 Å². The fourth-order valence-electron chi connectivity index (χ4n) is 2.27. The molecule has 1 amide bonds. The lowest BCUT2D eigenvalue weighted by Crippen LogP contribution is -2.29. The average Bonchev–Trinajstić information content (AvgIpc) is 2.91. The number of ether oxygens (including phenoxy) is 1. The number of benzene rings is 1. The molecule has 0 aliphatic carbocycles. The van der Waals surface area contributed by atoms with Gasteiger partial charge in [-0.15, -0.1) is 0 Å². The molecule has 1 aliphatic heterocycles. The lowest BCUT2D eigenvalue weighted by Gasteiger charge is -2.12. The molecule has 23 heavy (non-hydrogen) atoms. The summed E-state index contributed by atoms with van der Waals surface area (Å²) in [6.45, 7) is 0.532. The molecule has 1 saturated heterocycles.